The standard InChI is InChI=1S/C13H13N3O4/c1-7-5-10(16-15-7)12(17)14-8-3-4-9(13(18)19)11(6-8)20-2/h3-6H,1-2H3,(H,14,17)(H,15,16)(H,18,19). The number of aromatic amines is 1. The summed E-state index contributed by atoms with van der Waals surface area (Å²) in [7, 11) is 1.37. The van der Waals surface area contributed by atoms with E-state index in [0.717, 1.165) is 5.69 Å². The van der Waals surface area contributed by atoms with E-state index in [-0.39, 0.29) is 22.9 Å². The van der Waals surface area contributed by atoms with Gasteiger partial charge in [0.15, 0.2) is 5.69 Å². The summed E-state index contributed by atoms with van der Waals surface area (Å²) in [5.74, 6) is -1.31. The Morgan fingerprint density at radius 3 is 2.65 bits per heavy atom. The van der Waals surface area contributed by atoms with Crippen molar-refractivity contribution in [1.82, 2.24) is 10.2 Å². The van der Waals surface area contributed by atoms with Gasteiger partial charge in [-0.2, -0.15) is 5.10 Å². The van der Waals surface area contributed by atoms with E-state index in [9.17, 15) is 9.59 Å². The van der Waals surface area contributed by atoms with Crippen LogP contribution < -0.4 is 10.1 Å². The Morgan fingerprint density at radius 2 is 2.10 bits per heavy atom. The van der Waals surface area contributed by atoms with Crippen molar-refractivity contribution in [2.75, 3.05) is 12.4 Å². The Morgan fingerprint density at radius 1 is 1.35 bits per heavy atom. The van der Waals surface area contributed by atoms with Crippen LogP contribution in [0.4, 0.5) is 5.69 Å². The molecule has 0 saturated heterocycles. The molecule has 0 aliphatic carbocycles. The van der Waals surface area contributed by atoms with Crippen LogP contribution in [0.15, 0.2) is 24.3 Å². The second kappa shape index (κ2) is 5.43. The zero-order chi connectivity index (χ0) is 14.7. The minimum atomic E-state index is -1.09. The van der Waals surface area contributed by atoms with Gasteiger partial charge in [-0.25, -0.2) is 4.79 Å². The summed E-state index contributed by atoms with van der Waals surface area (Å²) in [5.41, 5.74) is 1.48. The van der Waals surface area contributed by atoms with Crippen LogP contribution in [0.25, 0.3) is 0 Å². The summed E-state index contributed by atoms with van der Waals surface area (Å²) in [6.07, 6.45) is 0. The second-order valence-corrected chi connectivity index (χ2v) is 4.11. The number of carboxylic acids is 1. The highest BCUT2D eigenvalue weighted by Crippen LogP contribution is 2.23. The molecule has 0 saturated carbocycles. The summed E-state index contributed by atoms with van der Waals surface area (Å²) in [6, 6.07) is 5.91. The van der Waals surface area contributed by atoms with Gasteiger partial charge in [0.2, 0.25) is 0 Å². The number of aromatic carboxylic acids is 1. The van der Waals surface area contributed by atoms with E-state index in [1.165, 1.54) is 25.3 Å². The van der Waals surface area contributed by atoms with Crippen molar-refractivity contribution in [3.8, 4) is 5.75 Å². The minimum Gasteiger partial charge on any atom is -0.496 e. The average Bonchev–Trinajstić information content (AvgIpc) is 2.85. The van der Waals surface area contributed by atoms with Crippen molar-refractivity contribution in [1.29, 1.82) is 0 Å². The van der Waals surface area contributed by atoms with Gasteiger partial charge < -0.3 is 15.2 Å². The maximum absolute atomic E-state index is 11.9. The van der Waals surface area contributed by atoms with Crippen molar-refractivity contribution < 1.29 is 19.4 Å². The molecule has 7 nitrogen and oxygen atoms in total. The number of ether oxygens (including phenoxy) is 1. The SMILES string of the molecule is COc1cc(NC(=O)c2cc(C)[nH]n2)ccc1C(=O)O. The molecule has 3 N–H and O–H groups in total. The van der Waals surface area contributed by atoms with Crippen LogP contribution in [0.2, 0.25) is 0 Å². The normalized spacial score (nSPS) is 10.1. The van der Waals surface area contributed by atoms with Crippen molar-refractivity contribution in [2.45, 2.75) is 6.92 Å². The third kappa shape index (κ3) is 2.77. The summed E-state index contributed by atoms with van der Waals surface area (Å²) in [4.78, 5) is 22.9. The zero-order valence-electron chi connectivity index (χ0n) is 10.9. The van der Waals surface area contributed by atoms with E-state index in [2.05, 4.69) is 15.5 Å². The molecule has 1 amide bonds. The lowest BCUT2D eigenvalue weighted by molar-refractivity contribution is 0.0693. The number of nitrogens with one attached hydrogen (secondary N) is 2. The first kappa shape index (κ1) is 13.6. The molecule has 0 unspecified atom stereocenters. The lowest BCUT2D eigenvalue weighted by Gasteiger charge is -2.08. The van der Waals surface area contributed by atoms with Crippen LogP contribution >= 0.6 is 0 Å². The molecule has 0 bridgehead atoms. The number of nitrogens with zero attached hydrogens (tertiary/aromatic N) is 1. The van der Waals surface area contributed by atoms with Crippen LogP contribution in [0.1, 0.15) is 26.5 Å². The van der Waals surface area contributed by atoms with E-state index >= 15 is 0 Å². The number of hydrogen-bond donors (Lipinski definition) is 3. The molecule has 1 aromatic heterocycles. The van der Waals surface area contributed by atoms with Gasteiger partial charge in [-0.05, 0) is 25.1 Å². The summed E-state index contributed by atoms with van der Waals surface area (Å²) in [5, 5.41) is 18.1. The van der Waals surface area contributed by atoms with Crippen molar-refractivity contribution in [2.24, 2.45) is 0 Å². The van der Waals surface area contributed by atoms with Gasteiger partial charge in [0, 0.05) is 17.4 Å². The van der Waals surface area contributed by atoms with Gasteiger partial charge >= 0.3 is 5.97 Å². The van der Waals surface area contributed by atoms with Crippen molar-refractivity contribution in [3.63, 3.8) is 0 Å². The maximum Gasteiger partial charge on any atom is 0.339 e. The molecule has 0 radical (unpaired) electrons. The van der Waals surface area contributed by atoms with Crippen molar-refractivity contribution >= 4 is 17.6 Å². The third-order valence-corrected chi connectivity index (χ3v) is 2.63. The molecule has 0 aliphatic heterocycles. The molecular weight excluding hydrogens is 262 g/mol. The number of hydrogen-bond acceptors (Lipinski definition) is 4. The molecule has 20 heavy (non-hydrogen) atoms. The van der Waals surface area contributed by atoms with E-state index in [1.54, 1.807) is 13.0 Å². The number of carbonyl (C=O) groups is 2. The van der Waals surface area contributed by atoms with Crippen molar-refractivity contribution in [3.05, 3.63) is 41.2 Å². The highest BCUT2D eigenvalue weighted by Gasteiger charge is 2.14. The Bertz CT molecular complexity index is 663. The fourth-order valence-corrected chi connectivity index (χ4v) is 1.68. The fourth-order valence-electron chi connectivity index (χ4n) is 1.68. The number of H-pyrrole nitrogens is 1. The van der Waals surface area contributed by atoms with E-state index < -0.39 is 5.97 Å². The largest absolute Gasteiger partial charge is 0.496 e. The summed E-state index contributed by atoms with van der Waals surface area (Å²) < 4.78 is 4.98. The Labute approximate surface area is 114 Å². The maximum atomic E-state index is 11.9. The molecule has 2 rings (SSSR count). The molecule has 1 aromatic carbocycles. The van der Waals surface area contributed by atoms with Gasteiger partial charge in [0.1, 0.15) is 11.3 Å². The number of anilines is 1. The van der Waals surface area contributed by atoms with E-state index in [0.29, 0.717) is 5.69 Å². The van der Waals surface area contributed by atoms with Gasteiger partial charge in [-0.1, -0.05) is 0 Å². The molecule has 7 heteroatoms. The number of carboxylic acid groups (broad SMARTS) is 1. The quantitative estimate of drug-likeness (QED) is 0.787. The Balaban J connectivity index is 2.22. The molecule has 2 aromatic rings. The zero-order valence-corrected chi connectivity index (χ0v) is 10.9. The fraction of sp³-hybridized carbons (Fsp3) is 0.154. The molecule has 1 heterocycles. The predicted molar refractivity (Wildman–Crippen MR) is 71.2 cm³/mol. The number of amides is 1. The topological polar surface area (TPSA) is 104 Å². The van der Waals surface area contributed by atoms with Gasteiger partial charge in [0.05, 0.1) is 7.11 Å². The predicted octanol–water partition coefficient (Wildman–Crippen LogP) is 1.68. The van der Waals surface area contributed by atoms with Gasteiger partial charge in [-0.3, -0.25) is 9.89 Å². The number of aryl methyl sites for hydroxylation is 1. The van der Waals surface area contributed by atoms with E-state index in [1.807, 2.05) is 0 Å². The molecular formula is C13H13N3O4. The lowest BCUT2D eigenvalue weighted by Crippen LogP contribution is -2.13. The Kier molecular flexibility index (Phi) is 3.69. The van der Waals surface area contributed by atoms with Gasteiger partial charge in [0.25, 0.3) is 5.91 Å². The molecule has 0 atom stereocenters. The van der Waals surface area contributed by atoms with Crippen LogP contribution in [0.3, 0.4) is 0 Å². The first-order chi connectivity index (χ1) is 9.51. The number of carbonyl (C=O) groups excluding carboxylic acids is 1. The van der Waals surface area contributed by atoms with Gasteiger partial charge in [-0.15, -0.1) is 0 Å². The smallest absolute Gasteiger partial charge is 0.339 e. The van der Waals surface area contributed by atoms with Crippen LogP contribution in [-0.4, -0.2) is 34.3 Å². The van der Waals surface area contributed by atoms with Crippen LogP contribution in [0.5, 0.6) is 5.75 Å². The highest BCUT2D eigenvalue weighted by molar-refractivity contribution is 6.03. The number of benzene rings is 1. The summed E-state index contributed by atoms with van der Waals surface area (Å²) in [6.45, 7) is 1.79. The number of methoxy groups -OCH3 is 1. The number of rotatable bonds is 4. The highest BCUT2D eigenvalue weighted by atomic mass is 16.5. The summed E-state index contributed by atoms with van der Waals surface area (Å²) >= 11 is 0. The molecule has 0 aliphatic rings. The Hall–Kier alpha value is -2.83. The lowest BCUT2D eigenvalue weighted by atomic mass is 10.2. The average molecular weight is 275 g/mol. The minimum absolute atomic E-state index is 0.0288. The van der Waals surface area contributed by atoms with E-state index in [4.69, 9.17) is 9.84 Å². The first-order valence-electron chi connectivity index (χ1n) is 5.76. The third-order valence-electron chi connectivity index (χ3n) is 2.63. The second-order valence-electron chi connectivity index (χ2n) is 4.11. The monoisotopic (exact) mass is 275 g/mol. The molecule has 104 valence electrons. The van der Waals surface area contributed by atoms with Crippen LogP contribution in [0, 0.1) is 6.92 Å². The van der Waals surface area contributed by atoms with Crippen LogP contribution in [-0.2, 0) is 0 Å². The molecule has 0 spiro atoms. The number of aromatic nitrogens is 2. The first-order valence-corrected chi connectivity index (χ1v) is 5.76. The molecule has 0 fully saturated rings.